The Bertz CT molecular complexity index is 794. The number of halogens is 2. The summed E-state index contributed by atoms with van der Waals surface area (Å²) in [7, 11) is 0. The molecular formula is C21H28Cl2N2O4. The van der Waals surface area contributed by atoms with Crippen LogP contribution in [0.2, 0.25) is 10.0 Å². The second-order valence-corrected chi connectivity index (χ2v) is 9.40. The first-order valence-corrected chi connectivity index (χ1v) is 10.7. The van der Waals surface area contributed by atoms with E-state index in [-0.39, 0.29) is 24.4 Å². The number of carbonyl (C=O) groups excluding carboxylic acids is 2. The summed E-state index contributed by atoms with van der Waals surface area (Å²) < 4.78 is 11.3. The first-order chi connectivity index (χ1) is 13.6. The Hall–Kier alpha value is -1.66. The molecule has 0 bridgehead atoms. The molecule has 2 atom stereocenters. The van der Waals surface area contributed by atoms with Gasteiger partial charge in [-0.1, -0.05) is 30.1 Å². The Morgan fingerprint density at radius 3 is 2.62 bits per heavy atom. The number of benzene rings is 1. The van der Waals surface area contributed by atoms with Gasteiger partial charge in [0.15, 0.2) is 0 Å². The third-order valence-electron chi connectivity index (χ3n) is 5.11. The summed E-state index contributed by atoms with van der Waals surface area (Å²) in [5.41, 5.74) is 0.244. The van der Waals surface area contributed by atoms with Crippen molar-refractivity contribution in [2.24, 2.45) is 0 Å². The number of ether oxygens (including phenoxy) is 2. The Labute approximate surface area is 182 Å². The fourth-order valence-corrected chi connectivity index (χ4v) is 4.39. The highest BCUT2D eigenvalue weighted by atomic mass is 35.5. The van der Waals surface area contributed by atoms with E-state index in [1.807, 2.05) is 38.7 Å². The smallest absolute Gasteiger partial charge is 0.410 e. The lowest BCUT2D eigenvalue weighted by Crippen LogP contribution is -2.56. The van der Waals surface area contributed by atoms with Crippen LogP contribution in [0.3, 0.4) is 0 Å². The van der Waals surface area contributed by atoms with Crippen LogP contribution >= 0.6 is 23.2 Å². The molecule has 3 rings (SSSR count). The maximum Gasteiger partial charge on any atom is 0.410 e. The number of amides is 2. The van der Waals surface area contributed by atoms with E-state index >= 15 is 0 Å². The van der Waals surface area contributed by atoms with Crippen molar-refractivity contribution in [3.63, 3.8) is 0 Å². The molecular weight excluding hydrogens is 415 g/mol. The molecule has 2 fully saturated rings. The van der Waals surface area contributed by atoms with Crippen LogP contribution in [-0.4, -0.2) is 59.7 Å². The van der Waals surface area contributed by atoms with Crippen molar-refractivity contribution in [2.45, 2.75) is 58.1 Å². The molecule has 2 aliphatic heterocycles. The number of hydrogen-bond acceptors (Lipinski definition) is 4. The minimum atomic E-state index is -0.602. The van der Waals surface area contributed by atoms with Gasteiger partial charge in [-0.05, 0) is 45.7 Å². The van der Waals surface area contributed by atoms with Gasteiger partial charge in [-0.3, -0.25) is 9.69 Å². The van der Waals surface area contributed by atoms with E-state index < -0.39 is 11.7 Å². The van der Waals surface area contributed by atoms with Gasteiger partial charge in [0.25, 0.3) is 0 Å². The molecule has 2 aliphatic rings. The van der Waals surface area contributed by atoms with E-state index in [9.17, 15) is 9.59 Å². The minimum Gasteiger partial charge on any atom is -0.493 e. The van der Waals surface area contributed by atoms with Crippen molar-refractivity contribution in [2.75, 3.05) is 26.2 Å². The van der Waals surface area contributed by atoms with Gasteiger partial charge in [0, 0.05) is 24.6 Å². The van der Waals surface area contributed by atoms with Gasteiger partial charge in [0.1, 0.15) is 17.9 Å². The van der Waals surface area contributed by atoms with Gasteiger partial charge >= 0.3 is 6.09 Å². The summed E-state index contributed by atoms with van der Waals surface area (Å²) in [5.74, 6) is 0.631. The van der Waals surface area contributed by atoms with E-state index in [2.05, 4.69) is 0 Å². The van der Waals surface area contributed by atoms with E-state index in [0.29, 0.717) is 41.9 Å². The van der Waals surface area contributed by atoms with E-state index in [4.69, 9.17) is 32.7 Å². The molecule has 1 aromatic rings. The first kappa shape index (κ1) is 22.0. The predicted molar refractivity (Wildman–Crippen MR) is 113 cm³/mol. The topological polar surface area (TPSA) is 59.1 Å². The standard InChI is InChI=1S/C21H28Cl2N2O4/c1-5-8-28-16-7-6-15(22)19(23)18(16)13-9-14-11-24(12-17(26)25(14)10-13)20(27)29-21(2,3)4/h6-7,13-14H,5,8-12H2,1-4H3/t13-,14-/m0/s1. The summed E-state index contributed by atoms with van der Waals surface area (Å²) in [6, 6.07) is 3.49. The quantitative estimate of drug-likeness (QED) is 0.676. The molecule has 2 amide bonds. The van der Waals surface area contributed by atoms with Crippen molar-refractivity contribution in [3.8, 4) is 5.75 Å². The molecule has 2 heterocycles. The fraction of sp³-hybridized carbons (Fsp3) is 0.619. The number of hydrogen-bond donors (Lipinski definition) is 0. The first-order valence-electron chi connectivity index (χ1n) is 9.98. The molecule has 160 valence electrons. The van der Waals surface area contributed by atoms with Crippen LogP contribution in [0, 0.1) is 0 Å². The fourth-order valence-electron chi connectivity index (χ4n) is 3.91. The molecule has 0 radical (unpaired) electrons. The average Bonchev–Trinajstić information content (AvgIpc) is 3.05. The zero-order valence-corrected chi connectivity index (χ0v) is 18.8. The highest BCUT2D eigenvalue weighted by Gasteiger charge is 2.44. The van der Waals surface area contributed by atoms with Crippen molar-refractivity contribution >= 4 is 35.2 Å². The lowest BCUT2D eigenvalue weighted by molar-refractivity contribution is -0.137. The molecule has 8 heteroatoms. The largest absolute Gasteiger partial charge is 0.493 e. The number of rotatable bonds is 4. The summed E-state index contributed by atoms with van der Waals surface area (Å²) >= 11 is 12.8. The lowest BCUT2D eigenvalue weighted by Gasteiger charge is -2.37. The molecule has 2 saturated heterocycles. The van der Waals surface area contributed by atoms with E-state index in [1.165, 1.54) is 4.90 Å². The third kappa shape index (κ3) is 4.92. The molecule has 0 aliphatic carbocycles. The van der Waals surface area contributed by atoms with E-state index in [0.717, 1.165) is 12.0 Å². The van der Waals surface area contributed by atoms with Crippen LogP contribution in [0.25, 0.3) is 0 Å². The van der Waals surface area contributed by atoms with Crippen LogP contribution in [0.5, 0.6) is 5.75 Å². The molecule has 0 aromatic heterocycles. The number of piperazine rings is 1. The van der Waals surface area contributed by atoms with Crippen molar-refractivity contribution in [1.82, 2.24) is 9.80 Å². The molecule has 29 heavy (non-hydrogen) atoms. The zero-order valence-electron chi connectivity index (χ0n) is 17.3. The van der Waals surface area contributed by atoms with Crippen molar-refractivity contribution in [1.29, 1.82) is 0 Å². The van der Waals surface area contributed by atoms with Gasteiger partial charge in [-0.15, -0.1) is 0 Å². The molecule has 6 nitrogen and oxygen atoms in total. The molecule has 0 unspecified atom stereocenters. The third-order valence-corrected chi connectivity index (χ3v) is 5.93. The molecule has 1 aromatic carbocycles. The molecule has 0 spiro atoms. The molecule has 0 N–H and O–H groups in total. The monoisotopic (exact) mass is 442 g/mol. The van der Waals surface area contributed by atoms with Crippen LogP contribution in [0.4, 0.5) is 4.79 Å². The second kappa shape index (κ2) is 8.60. The maximum atomic E-state index is 12.7. The zero-order chi connectivity index (χ0) is 21.3. The Morgan fingerprint density at radius 2 is 1.97 bits per heavy atom. The predicted octanol–water partition coefficient (Wildman–Crippen LogP) is 4.72. The van der Waals surface area contributed by atoms with Crippen LogP contribution in [-0.2, 0) is 9.53 Å². The summed E-state index contributed by atoms with van der Waals surface area (Å²) in [6.45, 7) is 9.07. The Balaban J connectivity index is 1.80. The van der Waals surface area contributed by atoms with Crippen molar-refractivity contribution in [3.05, 3.63) is 27.7 Å². The second-order valence-electron chi connectivity index (χ2n) is 8.62. The summed E-state index contributed by atoms with van der Waals surface area (Å²) in [5, 5.41) is 0.943. The van der Waals surface area contributed by atoms with E-state index in [1.54, 1.807) is 6.07 Å². The summed E-state index contributed by atoms with van der Waals surface area (Å²) in [6.07, 6.45) is 1.11. The number of nitrogens with zero attached hydrogens (tertiary/aromatic N) is 2. The van der Waals surface area contributed by atoms with Crippen LogP contribution in [0.15, 0.2) is 12.1 Å². The summed E-state index contributed by atoms with van der Waals surface area (Å²) in [4.78, 5) is 28.5. The highest BCUT2D eigenvalue weighted by molar-refractivity contribution is 6.42. The van der Waals surface area contributed by atoms with Crippen LogP contribution < -0.4 is 4.74 Å². The number of carbonyl (C=O) groups is 2. The van der Waals surface area contributed by atoms with Gasteiger partial charge in [-0.2, -0.15) is 0 Å². The van der Waals surface area contributed by atoms with Gasteiger partial charge in [0.05, 0.1) is 22.7 Å². The van der Waals surface area contributed by atoms with Gasteiger partial charge in [0.2, 0.25) is 5.91 Å². The SMILES string of the molecule is CCCOc1ccc(Cl)c(Cl)c1[C@H]1C[C@H]2CN(C(=O)OC(C)(C)C)CC(=O)N2C1. The Morgan fingerprint density at radius 1 is 1.24 bits per heavy atom. The van der Waals surface area contributed by atoms with Crippen molar-refractivity contribution < 1.29 is 19.1 Å². The Kier molecular flexibility index (Phi) is 6.54. The van der Waals surface area contributed by atoms with Gasteiger partial charge < -0.3 is 14.4 Å². The normalized spacial score (nSPS) is 21.9. The highest BCUT2D eigenvalue weighted by Crippen LogP contribution is 2.44. The lowest BCUT2D eigenvalue weighted by atomic mass is 9.95. The maximum absolute atomic E-state index is 12.7. The van der Waals surface area contributed by atoms with Crippen LogP contribution in [0.1, 0.15) is 52.0 Å². The van der Waals surface area contributed by atoms with Gasteiger partial charge in [-0.25, -0.2) is 4.79 Å². The average molecular weight is 443 g/mol. The number of fused-ring (bicyclic) bond motifs is 1. The minimum absolute atomic E-state index is 0.000549. The molecule has 0 saturated carbocycles.